The van der Waals surface area contributed by atoms with Crippen LogP contribution < -0.4 is 11.5 Å². The first-order valence-electron chi connectivity index (χ1n) is 3.27. The lowest BCUT2D eigenvalue weighted by molar-refractivity contribution is 1.09. The quantitative estimate of drug-likeness (QED) is 0.441. The van der Waals surface area contributed by atoms with Crippen LogP contribution in [-0.2, 0) is 0 Å². The Labute approximate surface area is 69.0 Å². The average molecular weight is 166 g/mol. The van der Waals surface area contributed by atoms with Crippen LogP contribution in [0.15, 0.2) is 24.8 Å². The highest BCUT2D eigenvalue weighted by atomic mass is 15.1. The standard InChI is InChI=1S/2C3H5N3/c2*4-3-1-5-6-2-3/h2*1-2H,4H2,(H,5,6). The fourth-order valence-corrected chi connectivity index (χ4v) is 0.522. The summed E-state index contributed by atoms with van der Waals surface area (Å²) in [6.07, 6.45) is 6.36. The molecule has 2 rings (SSSR count). The number of aromatic amines is 2. The van der Waals surface area contributed by atoms with Gasteiger partial charge in [0.15, 0.2) is 0 Å². The largest absolute Gasteiger partial charge is 0.396 e. The summed E-state index contributed by atoms with van der Waals surface area (Å²) in [6, 6.07) is 0. The molecule has 6 nitrogen and oxygen atoms in total. The van der Waals surface area contributed by atoms with Gasteiger partial charge in [-0.05, 0) is 0 Å². The number of nitrogens with two attached hydrogens (primary N) is 2. The van der Waals surface area contributed by atoms with E-state index in [1.54, 1.807) is 24.8 Å². The molecule has 0 aromatic carbocycles. The maximum Gasteiger partial charge on any atom is 0.0717 e. The van der Waals surface area contributed by atoms with Gasteiger partial charge in [-0.3, -0.25) is 10.2 Å². The van der Waals surface area contributed by atoms with Crippen molar-refractivity contribution in [3.8, 4) is 0 Å². The molecule has 6 heteroatoms. The second-order valence-corrected chi connectivity index (χ2v) is 2.06. The van der Waals surface area contributed by atoms with Crippen molar-refractivity contribution in [2.45, 2.75) is 0 Å². The third-order valence-corrected chi connectivity index (χ3v) is 1.04. The Morgan fingerprint density at radius 1 is 0.917 bits per heavy atom. The lowest BCUT2D eigenvalue weighted by Gasteiger charge is -1.66. The molecular formula is C6H10N6. The molecule has 0 spiro atoms. The number of aromatic nitrogens is 4. The molecule has 2 aromatic heterocycles. The highest BCUT2D eigenvalue weighted by molar-refractivity contribution is 5.29. The molecule has 6 N–H and O–H groups in total. The van der Waals surface area contributed by atoms with Crippen molar-refractivity contribution in [1.82, 2.24) is 20.4 Å². The van der Waals surface area contributed by atoms with Crippen LogP contribution in [0.2, 0.25) is 0 Å². The Balaban J connectivity index is 0.000000120. The SMILES string of the molecule is Nc1cn[nH]c1.Nc1cn[nH]c1. The van der Waals surface area contributed by atoms with Crippen molar-refractivity contribution in [3.05, 3.63) is 24.8 Å². The Kier molecular flexibility index (Phi) is 2.72. The van der Waals surface area contributed by atoms with Crippen molar-refractivity contribution in [2.75, 3.05) is 11.5 Å². The summed E-state index contributed by atoms with van der Waals surface area (Å²) in [7, 11) is 0. The zero-order valence-electron chi connectivity index (χ0n) is 6.36. The van der Waals surface area contributed by atoms with E-state index in [4.69, 9.17) is 11.5 Å². The Morgan fingerprint density at radius 3 is 1.42 bits per heavy atom. The van der Waals surface area contributed by atoms with Crippen molar-refractivity contribution < 1.29 is 0 Å². The normalized spacial score (nSPS) is 8.67. The number of nitrogens with zero attached hydrogens (tertiary/aromatic N) is 2. The van der Waals surface area contributed by atoms with E-state index >= 15 is 0 Å². The molecule has 0 amide bonds. The van der Waals surface area contributed by atoms with Gasteiger partial charge in [-0.2, -0.15) is 10.2 Å². The topological polar surface area (TPSA) is 109 Å². The lowest BCUT2D eigenvalue weighted by atomic mass is 10.6. The number of H-pyrrole nitrogens is 2. The van der Waals surface area contributed by atoms with Gasteiger partial charge in [-0.1, -0.05) is 0 Å². The third-order valence-electron chi connectivity index (χ3n) is 1.04. The third kappa shape index (κ3) is 2.74. The summed E-state index contributed by atoms with van der Waals surface area (Å²) < 4.78 is 0. The molecular weight excluding hydrogens is 156 g/mol. The summed E-state index contributed by atoms with van der Waals surface area (Å²) in [6.45, 7) is 0. The molecule has 0 aliphatic carbocycles. The van der Waals surface area contributed by atoms with Crippen LogP contribution in [0.5, 0.6) is 0 Å². The van der Waals surface area contributed by atoms with E-state index < -0.39 is 0 Å². The molecule has 2 aromatic rings. The highest BCUT2D eigenvalue weighted by Crippen LogP contribution is 1.89. The summed E-state index contributed by atoms with van der Waals surface area (Å²) in [5, 5.41) is 12.3. The van der Waals surface area contributed by atoms with Gasteiger partial charge in [0.05, 0.1) is 23.8 Å². The molecule has 0 saturated heterocycles. The van der Waals surface area contributed by atoms with E-state index in [9.17, 15) is 0 Å². The average Bonchev–Trinajstić information content (AvgIpc) is 2.63. The van der Waals surface area contributed by atoms with E-state index in [0.29, 0.717) is 11.4 Å². The van der Waals surface area contributed by atoms with E-state index in [2.05, 4.69) is 20.4 Å². The monoisotopic (exact) mass is 166 g/mol. The van der Waals surface area contributed by atoms with Crippen LogP contribution >= 0.6 is 0 Å². The van der Waals surface area contributed by atoms with Gasteiger partial charge in [0.25, 0.3) is 0 Å². The summed E-state index contributed by atoms with van der Waals surface area (Å²) in [5.41, 5.74) is 11.7. The van der Waals surface area contributed by atoms with Crippen molar-refractivity contribution in [1.29, 1.82) is 0 Å². The second-order valence-electron chi connectivity index (χ2n) is 2.06. The molecule has 0 aliphatic rings. The molecule has 64 valence electrons. The maximum atomic E-state index is 5.18. The van der Waals surface area contributed by atoms with Crippen molar-refractivity contribution in [2.24, 2.45) is 0 Å². The molecule has 0 radical (unpaired) electrons. The zero-order valence-corrected chi connectivity index (χ0v) is 6.36. The predicted molar refractivity (Wildman–Crippen MR) is 46.0 cm³/mol. The number of nitrogens with one attached hydrogen (secondary N) is 2. The van der Waals surface area contributed by atoms with E-state index in [0.717, 1.165) is 0 Å². The predicted octanol–water partition coefficient (Wildman–Crippen LogP) is -0.0162. The Bertz CT molecular complexity index is 251. The second kappa shape index (κ2) is 4.02. The smallest absolute Gasteiger partial charge is 0.0717 e. The van der Waals surface area contributed by atoms with Gasteiger partial charge in [0, 0.05) is 12.4 Å². The molecule has 0 aliphatic heterocycles. The van der Waals surface area contributed by atoms with Crippen molar-refractivity contribution in [3.63, 3.8) is 0 Å². The summed E-state index contributed by atoms with van der Waals surface area (Å²) in [4.78, 5) is 0. The fraction of sp³-hybridized carbons (Fsp3) is 0. The van der Waals surface area contributed by atoms with Crippen LogP contribution in [0.4, 0.5) is 11.4 Å². The van der Waals surface area contributed by atoms with Gasteiger partial charge in [0.2, 0.25) is 0 Å². The molecule has 0 saturated carbocycles. The van der Waals surface area contributed by atoms with Crippen molar-refractivity contribution >= 4 is 11.4 Å². The summed E-state index contributed by atoms with van der Waals surface area (Å²) in [5.74, 6) is 0. The molecule has 0 fully saturated rings. The minimum absolute atomic E-state index is 0.676. The number of hydrogen-bond acceptors (Lipinski definition) is 4. The number of hydrogen-bond donors (Lipinski definition) is 4. The number of rotatable bonds is 0. The van der Waals surface area contributed by atoms with Crippen LogP contribution in [0.3, 0.4) is 0 Å². The van der Waals surface area contributed by atoms with Gasteiger partial charge in [-0.15, -0.1) is 0 Å². The first-order valence-corrected chi connectivity index (χ1v) is 3.27. The van der Waals surface area contributed by atoms with Crippen LogP contribution in [-0.4, -0.2) is 20.4 Å². The lowest BCUT2D eigenvalue weighted by Crippen LogP contribution is -1.75. The zero-order chi connectivity index (χ0) is 8.81. The number of anilines is 2. The van der Waals surface area contributed by atoms with Gasteiger partial charge in [0.1, 0.15) is 0 Å². The molecule has 2 heterocycles. The van der Waals surface area contributed by atoms with Gasteiger partial charge in [-0.25, -0.2) is 0 Å². The van der Waals surface area contributed by atoms with E-state index in [-0.39, 0.29) is 0 Å². The highest BCUT2D eigenvalue weighted by Gasteiger charge is 1.75. The van der Waals surface area contributed by atoms with Crippen LogP contribution in [0, 0.1) is 0 Å². The minimum atomic E-state index is 0.676. The van der Waals surface area contributed by atoms with Gasteiger partial charge >= 0.3 is 0 Å². The van der Waals surface area contributed by atoms with E-state index in [1.165, 1.54) is 0 Å². The minimum Gasteiger partial charge on any atom is -0.396 e. The molecule has 0 atom stereocenters. The first kappa shape index (κ1) is 8.12. The fourth-order valence-electron chi connectivity index (χ4n) is 0.522. The molecule has 0 bridgehead atoms. The van der Waals surface area contributed by atoms with E-state index in [1.807, 2.05) is 0 Å². The Hall–Kier alpha value is -1.98. The maximum absolute atomic E-state index is 5.18. The number of nitrogen functional groups attached to an aromatic ring is 2. The Morgan fingerprint density at radius 2 is 1.33 bits per heavy atom. The molecule has 12 heavy (non-hydrogen) atoms. The van der Waals surface area contributed by atoms with Crippen LogP contribution in [0.25, 0.3) is 0 Å². The first-order chi connectivity index (χ1) is 5.79. The molecule has 0 unspecified atom stereocenters. The summed E-state index contributed by atoms with van der Waals surface area (Å²) >= 11 is 0. The van der Waals surface area contributed by atoms with Crippen LogP contribution in [0.1, 0.15) is 0 Å². The van der Waals surface area contributed by atoms with Gasteiger partial charge < -0.3 is 11.5 Å².